The number of benzene rings is 1. The minimum Gasteiger partial charge on any atom is -0.507 e. The van der Waals surface area contributed by atoms with E-state index >= 15 is 0 Å². The maximum atomic E-state index is 9.78. The van der Waals surface area contributed by atoms with Crippen molar-refractivity contribution in [2.75, 3.05) is 6.54 Å². The Bertz CT molecular complexity index is 370. The lowest BCUT2D eigenvalue weighted by atomic mass is 10.0. The molecule has 14 heavy (non-hydrogen) atoms. The molecule has 0 saturated carbocycles. The van der Waals surface area contributed by atoms with Crippen LogP contribution in [0.5, 0.6) is 5.75 Å². The van der Waals surface area contributed by atoms with Gasteiger partial charge in [0, 0.05) is 17.8 Å². The zero-order valence-corrected chi connectivity index (χ0v) is 8.54. The molecule has 76 valence electrons. The van der Waals surface area contributed by atoms with E-state index in [1.807, 2.05) is 26.0 Å². The van der Waals surface area contributed by atoms with Gasteiger partial charge in [0.05, 0.1) is 0 Å². The Morgan fingerprint density at radius 2 is 1.93 bits per heavy atom. The maximum absolute atomic E-state index is 9.78. The predicted octanol–water partition coefficient (Wildman–Crippen LogP) is 1.27. The fraction of sp³-hybridized carbons (Fsp3) is 0.273. The normalized spacial score (nSPS) is 11.8. The van der Waals surface area contributed by atoms with Crippen molar-refractivity contribution in [2.45, 2.75) is 13.8 Å². The summed E-state index contributed by atoms with van der Waals surface area (Å²) in [7, 11) is 0. The molecule has 0 bridgehead atoms. The van der Waals surface area contributed by atoms with Gasteiger partial charge in [0.15, 0.2) is 0 Å². The topological polar surface area (TPSA) is 72.3 Å². The molecule has 0 aliphatic rings. The second kappa shape index (κ2) is 4.15. The maximum Gasteiger partial charge on any atom is 0.126 e. The van der Waals surface area contributed by atoms with E-state index in [0.717, 1.165) is 16.7 Å². The molecule has 3 heteroatoms. The molecule has 1 rings (SSSR count). The van der Waals surface area contributed by atoms with Crippen molar-refractivity contribution < 1.29 is 5.11 Å². The summed E-state index contributed by atoms with van der Waals surface area (Å²) in [4.78, 5) is 0. The molecule has 0 heterocycles. The summed E-state index contributed by atoms with van der Waals surface area (Å²) in [6.45, 7) is 4.08. The van der Waals surface area contributed by atoms with Crippen molar-refractivity contribution in [1.82, 2.24) is 0 Å². The van der Waals surface area contributed by atoms with Crippen LogP contribution in [-0.2, 0) is 0 Å². The van der Waals surface area contributed by atoms with Crippen molar-refractivity contribution in [3.63, 3.8) is 0 Å². The molecular formula is C11H16N2O. The van der Waals surface area contributed by atoms with E-state index in [1.165, 1.54) is 0 Å². The third-order valence-corrected chi connectivity index (χ3v) is 2.20. The molecule has 1 aromatic carbocycles. The van der Waals surface area contributed by atoms with Crippen molar-refractivity contribution >= 4 is 6.08 Å². The molecule has 5 N–H and O–H groups in total. The Morgan fingerprint density at radius 3 is 2.50 bits per heavy atom. The van der Waals surface area contributed by atoms with Gasteiger partial charge in [-0.25, -0.2) is 0 Å². The smallest absolute Gasteiger partial charge is 0.126 e. The van der Waals surface area contributed by atoms with Gasteiger partial charge in [0.1, 0.15) is 5.75 Å². The summed E-state index contributed by atoms with van der Waals surface area (Å²) in [5.41, 5.74) is 14.2. The fourth-order valence-electron chi connectivity index (χ4n) is 1.24. The first-order chi connectivity index (χ1) is 6.56. The van der Waals surface area contributed by atoms with Gasteiger partial charge >= 0.3 is 0 Å². The predicted molar refractivity (Wildman–Crippen MR) is 58.8 cm³/mol. The van der Waals surface area contributed by atoms with Crippen LogP contribution < -0.4 is 11.5 Å². The molecule has 1 aromatic rings. The zero-order chi connectivity index (χ0) is 10.7. The van der Waals surface area contributed by atoms with Crippen LogP contribution in [0.4, 0.5) is 0 Å². The highest BCUT2D eigenvalue weighted by atomic mass is 16.3. The summed E-state index contributed by atoms with van der Waals surface area (Å²) < 4.78 is 0. The van der Waals surface area contributed by atoms with Crippen molar-refractivity contribution in [3.05, 3.63) is 34.5 Å². The average molecular weight is 192 g/mol. The average Bonchev–Trinajstić information content (AvgIpc) is 2.18. The summed E-state index contributed by atoms with van der Waals surface area (Å²) in [6, 6.07) is 3.82. The molecule has 0 saturated heterocycles. The van der Waals surface area contributed by atoms with Crippen LogP contribution in [0.25, 0.3) is 6.08 Å². The number of aromatic hydroxyl groups is 1. The standard InChI is InChI=1S/C11H16N2O/c1-7-3-4-8(2)11(14)10(7)5-9(13)6-12/h3-5,14H,6,12-13H2,1-2H3. The Morgan fingerprint density at radius 1 is 1.36 bits per heavy atom. The third-order valence-electron chi connectivity index (χ3n) is 2.20. The molecule has 0 fully saturated rings. The van der Waals surface area contributed by atoms with Gasteiger partial charge in [-0.3, -0.25) is 0 Å². The van der Waals surface area contributed by atoms with E-state index in [-0.39, 0.29) is 5.75 Å². The fourth-order valence-corrected chi connectivity index (χ4v) is 1.24. The molecule has 0 unspecified atom stereocenters. The number of rotatable bonds is 2. The number of hydrogen-bond donors (Lipinski definition) is 3. The van der Waals surface area contributed by atoms with E-state index in [9.17, 15) is 5.11 Å². The van der Waals surface area contributed by atoms with Crippen molar-refractivity contribution in [2.24, 2.45) is 11.5 Å². The zero-order valence-electron chi connectivity index (χ0n) is 8.54. The lowest BCUT2D eigenvalue weighted by Crippen LogP contribution is -2.10. The van der Waals surface area contributed by atoms with E-state index in [4.69, 9.17) is 11.5 Å². The lowest BCUT2D eigenvalue weighted by Gasteiger charge is -2.07. The molecule has 0 aliphatic carbocycles. The second-order valence-corrected chi connectivity index (χ2v) is 3.39. The Balaban J connectivity index is 3.26. The van der Waals surface area contributed by atoms with E-state index in [0.29, 0.717) is 12.2 Å². The number of nitrogens with two attached hydrogens (primary N) is 2. The summed E-state index contributed by atoms with van der Waals surface area (Å²) in [5.74, 6) is 0.279. The molecule has 0 amide bonds. The first-order valence-corrected chi connectivity index (χ1v) is 4.51. The summed E-state index contributed by atoms with van der Waals surface area (Å²) >= 11 is 0. The summed E-state index contributed by atoms with van der Waals surface area (Å²) in [5, 5.41) is 9.78. The number of aryl methyl sites for hydroxylation is 2. The molecular weight excluding hydrogens is 176 g/mol. The largest absolute Gasteiger partial charge is 0.507 e. The highest BCUT2D eigenvalue weighted by Gasteiger charge is 2.05. The Labute approximate surface area is 84.0 Å². The van der Waals surface area contributed by atoms with Gasteiger partial charge in [-0.15, -0.1) is 0 Å². The number of phenolic OH excluding ortho intramolecular Hbond substituents is 1. The lowest BCUT2D eigenvalue weighted by molar-refractivity contribution is 0.469. The molecule has 0 atom stereocenters. The monoisotopic (exact) mass is 192 g/mol. The van der Waals surface area contributed by atoms with Crippen LogP contribution in [0.3, 0.4) is 0 Å². The Hall–Kier alpha value is -1.48. The van der Waals surface area contributed by atoms with E-state index in [1.54, 1.807) is 6.08 Å². The van der Waals surface area contributed by atoms with E-state index in [2.05, 4.69) is 0 Å². The van der Waals surface area contributed by atoms with Gasteiger partial charge < -0.3 is 16.6 Å². The molecule has 3 nitrogen and oxygen atoms in total. The van der Waals surface area contributed by atoms with Crippen LogP contribution in [0.15, 0.2) is 17.8 Å². The third kappa shape index (κ3) is 2.06. The highest BCUT2D eigenvalue weighted by molar-refractivity contribution is 5.64. The first-order valence-electron chi connectivity index (χ1n) is 4.51. The van der Waals surface area contributed by atoms with Gasteiger partial charge in [0.25, 0.3) is 0 Å². The van der Waals surface area contributed by atoms with Gasteiger partial charge in [-0.2, -0.15) is 0 Å². The second-order valence-electron chi connectivity index (χ2n) is 3.39. The minimum absolute atomic E-state index is 0.279. The van der Waals surface area contributed by atoms with E-state index < -0.39 is 0 Å². The van der Waals surface area contributed by atoms with Crippen LogP contribution in [0, 0.1) is 13.8 Å². The number of hydrogen-bond acceptors (Lipinski definition) is 3. The minimum atomic E-state index is 0.279. The molecule has 0 aliphatic heterocycles. The number of phenols is 1. The van der Waals surface area contributed by atoms with Crippen molar-refractivity contribution in [3.8, 4) is 5.75 Å². The quantitative estimate of drug-likeness (QED) is 0.660. The first kappa shape index (κ1) is 10.6. The van der Waals surface area contributed by atoms with Gasteiger partial charge in [-0.1, -0.05) is 12.1 Å². The van der Waals surface area contributed by atoms with Crippen LogP contribution >= 0.6 is 0 Å². The highest BCUT2D eigenvalue weighted by Crippen LogP contribution is 2.26. The molecule has 0 aromatic heterocycles. The molecule has 0 spiro atoms. The van der Waals surface area contributed by atoms with Gasteiger partial charge in [0.2, 0.25) is 0 Å². The summed E-state index contributed by atoms with van der Waals surface area (Å²) in [6.07, 6.45) is 1.72. The van der Waals surface area contributed by atoms with Crippen molar-refractivity contribution in [1.29, 1.82) is 0 Å². The van der Waals surface area contributed by atoms with Crippen LogP contribution in [0.1, 0.15) is 16.7 Å². The van der Waals surface area contributed by atoms with Crippen LogP contribution in [0.2, 0.25) is 0 Å². The molecule has 0 radical (unpaired) electrons. The Kier molecular flexibility index (Phi) is 3.14. The van der Waals surface area contributed by atoms with Gasteiger partial charge in [-0.05, 0) is 31.1 Å². The van der Waals surface area contributed by atoms with Crippen LogP contribution in [-0.4, -0.2) is 11.7 Å². The SMILES string of the molecule is Cc1ccc(C)c(C=C(N)CN)c1O.